The third-order valence-electron chi connectivity index (χ3n) is 2.14. The highest BCUT2D eigenvalue weighted by Crippen LogP contribution is 2.25. The molecule has 0 aromatic heterocycles. The van der Waals surface area contributed by atoms with E-state index in [1.54, 1.807) is 7.11 Å². The van der Waals surface area contributed by atoms with Gasteiger partial charge in [0.25, 0.3) is 0 Å². The van der Waals surface area contributed by atoms with Gasteiger partial charge in [-0.2, -0.15) is 0 Å². The van der Waals surface area contributed by atoms with E-state index >= 15 is 0 Å². The number of likely N-dealkylation sites (N-methyl/N-ethyl adjacent to an activating group) is 1. The van der Waals surface area contributed by atoms with Gasteiger partial charge in [0.1, 0.15) is 0 Å². The molecule has 0 amide bonds. The lowest BCUT2D eigenvalue weighted by Crippen LogP contribution is -2.26. The average molecular weight is 318 g/mol. The van der Waals surface area contributed by atoms with Crippen LogP contribution in [0.25, 0.3) is 0 Å². The Hall–Kier alpha value is -0.540. The summed E-state index contributed by atoms with van der Waals surface area (Å²) in [6.07, 6.45) is 0. The topological polar surface area (TPSA) is 12.5 Å². The van der Waals surface area contributed by atoms with Gasteiger partial charge in [0, 0.05) is 24.7 Å². The summed E-state index contributed by atoms with van der Waals surface area (Å²) in [7, 11) is 1.73. The molecule has 0 atom stereocenters. The van der Waals surface area contributed by atoms with Crippen molar-refractivity contribution in [2.75, 3.05) is 31.7 Å². The van der Waals surface area contributed by atoms with Crippen molar-refractivity contribution >= 4 is 21.6 Å². The molecule has 0 spiro atoms. The second-order valence-electron chi connectivity index (χ2n) is 3.02. The van der Waals surface area contributed by atoms with E-state index in [1.165, 1.54) is 5.69 Å². The average Bonchev–Trinajstić information content (AvgIpc) is 2.46. The van der Waals surface area contributed by atoms with Crippen molar-refractivity contribution in [1.82, 2.24) is 0 Å². The van der Waals surface area contributed by atoms with Gasteiger partial charge >= 0.3 is 0 Å². The zero-order chi connectivity index (χ0) is 14.4. The van der Waals surface area contributed by atoms with Crippen LogP contribution in [0.5, 0.6) is 0 Å². The van der Waals surface area contributed by atoms with Gasteiger partial charge in [-0.3, -0.25) is 0 Å². The van der Waals surface area contributed by atoms with Gasteiger partial charge in [0.2, 0.25) is 0 Å². The summed E-state index contributed by atoms with van der Waals surface area (Å²) in [5, 5.41) is 0. The molecule has 0 aliphatic heterocycles. The lowest BCUT2D eigenvalue weighted by molar-refractivity contribution is 0.205. The maximum atomic E-state index is 5.08. The van der Waals surface area contributed by atoms with Gasteiger partial charge in [-0.1, -0.05) is 39.8 Å². The van der Waals surface area contributed by atoms with Crippen LogP contribution in [-0.2, 0) is 4.74 Å². The molecule has 18 heavy (non-hydrogen) atoms. The fraction of sp³-hybridized carbons (Fsp3) is 0.600. The van der Waals surface area contributed by atoms with E-state index in [4.69, 9.17) is 4.74 Å². The van der Waals surface area contributed by atoms with E-state index in [2.05, 4.69) is 46.0 Å². The van der Waals surface area contributed by atoms with Gasteiger partial charge in [-0.25, -0.2) is 0 Å². The number of ether oxygens (including phenoxy) is 1. The number of nitrogens with zero attached hydrogens (tertiary/aromatic N) is 1. The van der Waals surface area contributed by atoms with Crippen LogP contribution < -0.4 is 4.90 Å². The maximum Gasteiger partial charge on any atom is 0.0637 e. The van der Waals surface area contributed by atoms with Crippen molar-refractivity contribution < 1.29 is 4.74 Å². The van der Waals surface area contributed by atoms with Crippen LogP contribution in [0.2, 0.25) is 0 Å². The van der Waals surface area contributed by atoms with Crippen molar-refractivity contribution in [1.29, 1.82) is 0 Å². The van der Waals surface area contributed by atoms with Gasteiger partial charge < -0.3 is 9.64 Å². The molecular weight excluding hydrogens is 290 g/mol. The predicted octanol–water partition coefficient (Wildman–Crippen LogP) is 4.97. The first-order chi connectivity index (χ1) is 8.79. The molecule has 0 radical (unpaired) electrons. The highest BCUT2D eigenvalue weighted by molar-refractivity contribution is 9.10. The number of methoxy groups -OCH3 is 1. The van der Waals surface area contributed by atoms with Gasteiger partial charge in [0.05, 0.1) is 12.3 Å². The summed E-state index contributed by atoms with van der Waals surface area (Å²) in [5.74, 6) is 0. The van der Waals surface area contributed by atoms with Crippen LogP contribution in [0.1, 0.15) is 34.6 Å². The molecule has 0 aliphatic rings. The van der Waals surface area contributed by atoms with E-state index in [0.29, 0.717) is 0 Å². The molecule has 0 aliphatic carbocycles. The van der Waals surface area contributed by atoms with Gasteiger partial charge in [0.15, 0.2) is 0 Å². The fourth-order valence-corrected chi connectivity index (χ4v) is 1.89. The second-order valence-corrected chi connectivity index (χ2v) is 3.88. The molecule has 1 rings (SSSR count). The van der Waals surface area contributed by atoms with Crippen LogP contribution in [0.3, 0.4) is 0 Å². The van der Waals surface area contributed by atoms with E-state index < -0.39 is 0 Å². The summed E-state index contributed by atoms with van der Waals surface area (Å²) in [5.41, 5.74) is 1.23. The van der Waals surface area contributed by atoms with Crippen molar-refractivity contribution in [2.45, 2.75) is 34.6 Å². The van der Waals surface area contributed by atoms with E-state index in [-0.39, 0.29) is 0 Å². The first kappa shape index (κ1) is 19.8. The smallest absolute Gasteiger partial charge is 0.0637 e. The largest absolute Gasteiger partial charge is 0.383 e. The Kier molecular flexibility index (Phi) is 16.0. The van der Waals surface area contributed by atoms with Crippen LogP contribution in [0, 0.1) is 0 Å². The molecule has 106 valence electrons. The van der Waals surface area contributed by atoms with Crippen LogP contribution in [0.15, 0.2) is 28.7 Å². The van der Waals surface area contributed by atoms with E-state index in [0.717, 1.165) is 24.2 Å². The Bertz CT molecular complexity index is 279. The minimum absolute atomic E-state index is 0.759. The molecule has 0 unspecified atom stereocenters. The lowest BCUT2D eigenvalue weighted by Gasteiger charge is -2.23. The highest BCUT2D eigenvalue weighted by atomic mass is 79.9. The fourth-order valence-electron chi connectivity index (χ4n) is 1.36. The summed E-state index contributed by atoms with van der Waals surface area (Å²) in [6.45, 7) is 12.8. The summed E-state index contributed by atoms with van der Waals surface area (Å²) in [4.78, 5) is 2.29. The van der Waals surface area contributed by atoms with E-state index in [9.17, 15) is 0 Å². The molecule has 0 fully saturated rings. The summed E-state index contributed by atoms with van der Waals surface area (Å²) < 4.78 is 6.22. The van der Waals surface area contributed by atoms with Crippen molar-refractivity contribution in [2.24, 2.45) is 0 Å². The number of para-hydroxylation sites is 1. The zero-order valence-electron chi connectivity index (χ0n) is 12.7. The SMILES string of the molecule is CC.CC.CCN(CCOC)c1ccccc1Br. The Morgan fingerprint density at radius 1 is 1.11 bits per heavy atom. The second kappa shape index (κ2) is 14.5. The van der Waals surface area contributed by atoms with Gasteiger partial charge in [-0.15, -0.1) is 0 Å². The molecule has 1 aromatic carbocycles. The Morgan fingerprint density at radius 2 is 1.67 bits per heavy atom. The van der Waals surface area contributed by atoms with Crippen molar-refractivity contribution in [3.05, 3.63) is 28.7 Å². The molecule has 0 saturated carbocycles. The molecule has 3 heteroatoms. The van der Waals surface area contributed by atoms with E-state index in [1.807, 2.05) is 33.8 Å². The number of hydrogen-bond donors (Lipinski definition) is 0. The van der Waals surface area contributed by atoms with Crippen LogP contribution in [-0.4, -0.2) is 26.8 Å². The normalized spacial score (nSPS) is 8.61. The van der Waals surface area contributed by atoms with Crippen molar-refractivity contribution in [3.63, 3.8) is 0 Å². The van der Waals surface area contributed by atoms with Crippen molar-refractivity contribution in [3.8, 4) is 0 Å². The van der Waals surface area contributed by atoms with Crippen LogP contribution in [0.4, 0.5) is 5.69 Å². The maximum absolute atomic E-state index is 5.08. The number of benzene rings is 1. The molecule has 0 bridgehead atoms. The number of halogens is 1. The highest BCUT2D eigenvalue weighted by Gasteiger charge is 2.06. The number of hydrogen-bond acceptors (Lipinski definition) is 2. The molecule has 0 saturated heterocycles. The lowest BCUT2D eigenvalue weighted by atomic mass is 10.3. The predicted molar refractivity (Wildman–Crippen MR) is 86.6 cm³/mol. The standard InChI is InChI=1S/C11H16BrNO.2C2H6/c1-3-13(8-9-14-2)11-7-5-4-6-10(11)12;2*1-2/h4-7H,3,8-9H2,1-2H3;2*1-2H3. The minimum atomic E-state index is 0.759. The summed E-state index contributed by atoms with van der Waals surface area (Å²) >= 11 is 3.55. The van der Waals surface area contributed by atoms with Crippen LogP contribution >= 0.6 is 15.9 Å². The Labute approximate surface area is 121 Å². The third-order valence-corrected chi connectivity index (χ3v) is 2.81. The Balaban J connectivity index is 0. The number of rotatable bonds is 5. The monoisotopic (exact) mass is 317 g/mol. The molecule has 1 aromatic rings. The summed E-state index contributed by atoms with van der Waals surface area (Å²) in [6, 6.07) is 8.25. The first-order valence-corrected chi connectivity index (χ1v) is 7.57. The quantitative estimate of drug-likeness (QED) is 0.759. The third kappa shape index (κ3) is 7.72. The molecule has 0 N–H and O–H groups in total. The zero-order valence-corrected chi connectivity index (χ0v) is 14.3. The first-order valence-electron chi connectivity index (χ1n) is 6.78. The minimum Gasteiger partial charge on any atom is -0.383 e. The number of anilines is 1. The molecule has 0 heterocycles. The van der Waals surface area contributed by atoms with Gasteiger partial charge in [-0.05, 0) is 35.0 Å². The molecular formula is C15H28BrNO. The molecule has 2 nitrogen and oxygen atoms in total. The Morgan fingerprint density at radius 3 is 2.11 bits per heavy atom.